The second-order valence-corrected chi connectivity index (χ2v) is 1.41. The van der Waals surface area contributed by atoms with Gasteiger partial charge in [-0.25, -0.2) is 0 Å². The third-order valence-corrected chi connectivity index (χ3v) is 0.275. The van der Waals surface area contributed by atoms with Crippen LogP contribution in [0.4, 0.5) is 0 Å². The Morgan fingerprint density at radius 3 is 1.64 bits per heavy atom. The Hall–Kier alpha value is 0.00390. The summed E-state index contributed by atoms with van der Waals surface area (Å²) >= 11 is 0. The average Bonchev–Trinajstić information content (AvgIpc) is 1.62. The molecule has 0 bridgehead atoms. The van der Waals surface area contributed by atoms with E-state index in [1.165, 1.54) is 14.0 Å². The Balaban J connectivity index is -0.000000114. The van der Waals surface area contributed by atoms with Crippen LogP contribution in [0.25, 0.3) is 11.5 Å². The summed E-state index contributed by atoms with van der Waals surface area (Å²) in [4.78, 5) is 18.7. The minimum Gasteiger partial charge on any atom is -0.668 e. The fourth-order valence-corrected chi connectivity index (χ4v) is 0.131. The van der Waals surface area contributed by atoms with Gasteiger partial charge in [0.2, 0.25) is 0 Å². The zero-order valence-electron chi connectivity index (χ0n) is 6.51. The molecule has 11 heavy (non-hydrogen) atoms. The summed E-state index contributed by atoms with van der Waals surface area (Å²) in [6.45, 7) is 1.10. The summed E-state index contributed by atoms with van der Waals surface area (Å²) in [6, 6.07) is 0. The van der Waals surface area contributed by atoms with Gasteiger partial charge in [0, 0.05) is 45.7 Å². The first-order chi connectivity index (χ1) is 4.50. The normalized spacial score (nSPS) is 6.73. The third kappa shape index (κ3) is 71.0. The Bertz CT molecular complexity index is 114. The number of rotatable bonds is 2. The van der Waals surface area contributed by atoms with Gasteiger partial charge >= 0.3 is 0 Å². The van der Waals surface area contributed by atoms with Crippen molar-refractivity contribution in [3.63, 3.8) is 0 Å². The van der Waals surface area contributed by atoms with Gasteiger partial charge in [-0.1, -0.05) is 0 Å². The van der Waals surface area contributed by atoms with Crippen LogP contribution >= 0.6 is 0 Å². The van der Waals surface area contributed by atoms with Crippen molar-refractivity contribution in [3.8, 4) is 0 Å². The molecule has 6 heteroatoms. The Morgan fingerprint density at radius 2 is 1.64 bits per heavy atom. The smallest absolute Gasteiger partial charge is 0.0873 e. The largest absolute Gasteiger partial charge is 0.668 e. The second-order valence-electron chi connectivity index (χ2n) is 1.41. The zero-order chi connectivity index (χ0) is 8.57. The number of hydrogen-bond donors (Lipinski definition) is 0. The topological polar surface area (TPSA) is 91.0 Å². The molecule has 0 atom stereocenters. The summed E-state index contributed by atoms with van der Waals surface area (Å²) in [5, 5.41) is 0. The van der Waals surface area contributed by atoms with Crippen LogP contribution in [-0.4, -0.2) is 25.5 Å². The molecule has 0 aromatic heterocycles. The van der Waals surface area contributed by atoms with Gasteiger partial charge in [0.1, 0.15) is 0 Å². The summed E-state index contributed by atoms with van der Waals surface area (Å²) in [6.07, 6.45) is 0. The number of nitrogens with one attached hydrogen (secondary N) is 2. The minimum atomic E-state index is -0.683. The molecule has 0 saturated heterocycles. The maximum atomic E-state index is 9.59. The van der Waals surface area contributed by atoms with Crippen LogP contribution in [0.15, 0.2) is 0 Å². The van der Waals surface area contributed by atoms with E-state index in [1.807, 2.05) is 0 Å². The molecular weight excluding hydrogens is 225 g/mol. The van der Waals surface area contributed by atoms with Crippen LogP contribution in [-0.2, 0) is 47.0 Å². The van der Waals surface area contributed by atoms with Crippen molar-refractivity contribution in [2.45, 2.75) is 6.92 Å². The van der Waals surface area contributed by atoms with Crippen molar-refractivity contribution in [1.29, 1.82) is 0 Å². The Morgan fingerprint density at radius 1 is 1.36 bits per heavy atom. The van der Waals surface area contributed by atoms with Crippen molar-refractivity contribution in [3.05, 3.63) is 11.5 Å². The van der Waals surface area contributed by atoms with E-state index < -0.39 is 11.8 Å². The van der Waals surface area contributed by atoms with Crippen molar-refractivity contribution in [2.24, 2.45) is 0 Å². The number of methoxy groups -OCH3 is 1. The van der Waals surface area contributed by atoms with Gasteiger partial charge in [-0.15, -0.1) is 0 Å². The van der Waals surface area contributed by atoms with Gasteiger partial charge in [0.05, 0.1) is 12.5 Å². The maximum Gasteiger partial charge on any atom is 0.0873 e. The van der Waals surface area contributed by atoms with Crippen molar-refractivity contribution in [2.75, 3.05) is 13.7 Å². The molecule has 0 aliphatic heterocycles. The molecule has 0 aromatic rings. The Kier molecular flexibility index (Phi) is 19.8. The molecule has 63 valence electrons. The molecule has 2 amide bonds. The summed E-state index contributed by atoms with van der Waals surface area (Å²) in [5.74, 6) is -1.27. The molecular formula is C5H10N2O3Y-2. The van der Waals surface area contributed by atoms with E-state index in [-0.39, 0.29) is 39.3 Å². The fraction of sp³-hybridized carbons (Fsp3) is 0.600. The number of amides is 2. The first-order valence-corrected chi connectivity index (χ1v) is 2.46. The molecule has 0 aromatic carbocycles. The van der Waals surface area contributed by atoms with Crippen molar-refractivity contribution >= 4 is 11.8 Å². The summed E-state index contributed by atoms with van der Waals surface area (Å²) in [5.41, 5.74) is 12.2. The molecule has 0 rings (SSSR count). The quantitative estimate of drug-likeness (QED) is 0.708. The predicted octanol–water partition coefficient (Wildman–Crippen LogP) is 0.794. The number of carbonyl (C=O) groups excluding carboxylic acids is 2. The van der Waals surface area contributed by atoms with Crippen LogP contribution in [0.3, 0.4) is 0 Å². The first kappa shape index (κ1) is 17.2. The summed E-state index contributed by atoms with van der Waals surface area (Å²) < 4.78 is 4.27. The molecule has 0 heterocycles. The van der Waals surface area contributed by atoms with Crippen LogP contribution in [0, 0.1) is 0 Å². The van der Waals surface area contributed by atoms with Gasteiger partial charge in [0.15, 0.2) is 0 Å². The van der Waals surface area contributed by atoms with Gasteiger partial charge in [0.25, 0.3) is 0 Å². The number of carbonyl (C=O) groups is 2. The molecule has 0 fully saturated rings. The van der Waals surface area contributed by atoms with Crippen LogP contribution < -0.4 is 0 Å². The zero-order valence-corrected chi connectivity index (χ0v) is 9.35. The van der Waals surface area contributed by atoms with E-state index in [0.717, 1.165) is 0 Å². The molecule has 1 radical (unpaired) electrons. The summed E-state index contributed by atoms with van der Waals surface area (Å²) in [7, 11) is 1.38. The van der Waals surface area contributed by atoms with E-state index in [9.17, 15) is 4.79 Å². The monoisotopic (exact) mass is 235 g/mol. The molecule has 0 saturated carbocycles. The fourth-order valence-electron chi connectivity index (χ4n) is 0.131. The van der Waals surface area contributed by atoms with E-state index in [4.69, 9.17) is 16.3 Å². The van der Waals surface area contributed by atoms with Crippen molar-refractivity contribution < 1.29 is 47.0 Å². The van der Waals surface area contributed by atoms with E-state index in [2.05, 4.69) is 4.74 Å². The minimum absolute atomic E-state index is 0. The molecule has 0 aliphatic rings. The molecule has 5 nitrogen and oxygen atoms in total. The maximum absolute atomic E-state index is 9.59. The average molecular weight is 235 g/mol. The van der Waals surface area contributed by atoms with E-state index >= 15 is 0 Å². The standard InChI is InChI=1S/C3H7NO2.C2H5NO.Y/c1-6-2-3(4)5;1-2(3)4;/h2H2,1H3,(H2,4,5);1H3,(H2,3,4);/p-2. The van der Waals surface area contributed by atoms with E-state index in [0.29, 0.717) is 0 Å². The van der Waals surface area contributed by atoms with Gasteiger partial charge in [-0.2, -0.15) is 0 Å². The van der Waals surface area contributed by atoms with Crippen LogP contribution in [0.1, 0.15) is 6.92 Å². The van der Waals surface area contributed by atoms with Crippen LogP contribution in [0.2, 0.25) is 0 Å². The van der Waals surface area contributed by atoms with Gasteiger partial charge in [-0.3, -0.25) is 0 Å². The second kappa shape index (κ2) is 12.7. The first-order valence-electron chi connectivity index (χ1n) is 2.46. The SMILES string of the molecule is CC([NH-])=O.COCC([NH-])=O.[Y]. The molecule has 2 N–H and O–H groups in total. The number of ether oxygens (including phenoxy) is 1. The van der Waals surface area contributed by atoms with Crippen molar-refractivity contribution in [1.82, 2.24) is 0 Å². The third-order valence-electron chi connectivity index (χ3n) is 0.275. The number of hydrogen-bond acceptors (Lipinski definition) is 3. The predicted molar refractivity (Wildman–Crippen MR) is 36.2 cm³/mol. The van der Waals surface area contributed by atoms with Gasteiger partial charge < -0.3 is 25.8 Å². The molecule has 0 unspecified atom stereocenters. The van der Waals surface area contributed by atoms with Gasteiger partial charge in [-0.05, 0) is 6.92 Å². The molecule has 0 spiro atoms. The van der Waals surface area contributed by atoms with E-state index in [1.54, 1.807) is 0 Å². The molecule has 0 aliphatic carbocycles. The Labute approximate surface area is 90.7 Å². The van der Waals surface area contributed by atoms with Crippen LogP contribution in [0.5, 0.6) is 0 Å².